The van der Waals surface area contributed by atoms with Crippen molar-refractivity contribution in [1.82, 2.24) is 9.80 Å². The number of rotatable bonds is 1. The third kappa shape index (κ3) is 2.73. The number of anilines is 1. The number of piperazine rings is 1. The third-order valence-corrected chi connectivity index (χ3v) is 4.04. The molecular weight excluding hydrogens is 238 g/mol. The lowest BCUT2D eigenvalue weighted by Gasteiger charge is -2.45. The van der Waals surface area contributed by atoms with Gasteiger partial charge in [0.1, 0.15) is 0 Å². The number of hydrogen-bond acceptors (Lipinski definition) is 3. The quantitative estimate of drug-likeness (QED) is 0.783. The largest absolute Gasteiger partial charge is 0.398 e. The standard InChI is InChI=1S/C15H23N3O/c1-11-5-6-12(13(16)9-11)14(19)18-8-7-17(4)15(2,3)10-18/h5-6,9H,7-8,10,16H2,1-4H3. The second-order valence-electron chi connectivity index (χ2n) is 6.05. The number of nitrogen functional groups attached to an aromatic ring is 1. The first kappa shape index (κ1) is 13.9. The summed E-state index contributed by atoms with van der Waals surface area (Å²) < 4.78 is 0. The number of benzene rings is 1. The molecular formula is C15H23N3O. The van der Waals surface area contributed by atoms with E-state index in [-0.39, 0.29) is 11.4 Å². The van der Waals surface area contributed by atoms with Crippen LogP contribution in [0.1, 0.15) is 29.8 Å². The van der Waals surface area contributed by atoms with Crippen molar-refractivity contribution in [3.05, 3.63) is 29.3 Å². The Balaban J connectivity index is 2.21. The zero-order chi connectivity index (χ0) is 14.2. The summed E-state index contributed by atoms with van der Waals surface area (Å²) in [6, 6.07) is 5.62. The molecule has 2 N–H and O–H groups in total. The van der Waals surface area contributed by atoms with Crippen molar-refractivity contribution in [2.75, 3.05) is 32.4 Å². The van der Waals surface area contributed by atoms with Gasteiger partial charge in [-0.15, -0.1) is 0 Å². The average Bonchev–Trinajstić information content (AvgIpc) is 2.32. The van der Waals surface area contributed by atoms with Crippen molar-refractivity contribution in [2.24, 2.45) is 0 Å². The van der Waals surface area contributed by atoms with E-state index in [1.165, 1.54) is 0 Å². The molecule has 0 radical (unpaired) electrons. The van der Waals surface area contributed by atoms with Crippen LogP contribution in [0.5, 0.6) is 0 Å². The van der Waals surface area contributed by atoms with Gasteiger partial charge in [-0.2, -0.15) is 0 Å². The molecule has 1 amide bonds. The van der Waals surface area contributed by atoms with Gasteiger partial charge in [-0.3, -0.25) is 9.69 Å². The lowest BCUT2D eigenvalue weighted by atomic mass is 9.98. The van der Waals surface area contributed by atoms with Crippen LogP contribution < -0.4 is 5.73 Å². The number of carbonyl (C=O) groups is 1. The minimum Gasteiger partial charge on any atom is -0.398 e. The Morgan fingerprint density at radius 1 is 1.32 bits per heavy atom. The lowest BCUT2D eigenvalue weighted by Crippen LogP contribution is -2.58. The SMILES string of the molecule is Cc1ccc(C(=O)N2CCN(C)C(C)(C)C2)c(N)c1. The first-order valence-electron chi connectivity index (χ1n) is 6.68. The van der Waals surface area contributed by atoms with Crippen molar-refractivity contribution in [3.8, 4) is 0 Å². The van der Waals surface area contributed by atoms with Crippen molar-refractivity contribution < 1.29 is 4.79 Å². The van der Waals surface area contributed by atoms with Gasteiger partial charge in [-0.1, -0.05) is 6.07 Å². The minimum absolute atomic E-state index is 0.00731. The fourth-order valence-electron chi connectivity index (χ4n) is 2.46. The molecule has 1 aliphatic heterocycles. The summed E-state index contributed by atoms with van der Waals surface area (Å²) in [5.74, 6) is 0.0404. The summed E-state index contributed by atoms with van der Waals surface area (Å²) in [6.07, 6.45) is 0. The molecule has 1 saturated heterocycles. The summed E-state index contributed by atoms with van der Waals surface area (Å²) in [4.78, 5) is 16.7. The molecule has 0 spiro atoms. The van der Waals surface area contributed by atoms with Crippen LogP contribution in [0.3, 0.4) is 0 Å². The van der Waals surface area contributed by atoms with Crippen LogP contribution in [0.2, 0.25) is 0 Å². The van der Waals surface area contributed by atoms with Crippen LogP contribution in [-0.4, -0.2) is 47.9 Å². The molecule has 0 aliphatic carbocycles. The number of nitrogens with two attached hydrogens (primary N) is 1. The van der Waals surface area contributed by atoms with Crippen molar-refractivity contribution >= 4 is 11.6 Å². The Kier molecular flexibility index (Phi) is 3.54. The van der Waals surface area contributed by atoms with E-state index >= 15 is 0 Å². The molecule has 1 aromatic carbocycles. The number of likely N-dealkylation sites (N-methyl/N-ethyl adjacent to an activating group) is 1. The Bertz CT molecular complexity index is 496. The second kappa shape index (κ2) is 4.85. The van der Waals surface area contributed by atoms with Crippen molar-refractivity contribution in [1.29, 1.82) is 0 Å². The van der Waals surface area contributed by atoms with Gasteiger partial charge in [-0.05, 0) is 45.5 Å². The molecule has 0 unspecified atom stereocenters. The normalized spacial score (nSPS) is 19.5. The maximum atomic E-state index is 12.6. The first-order chi connectivity index (χ1) is 8.81. The molecule has 0 bridgehead atoms. The highest BCUT2D eigenvalue weighted by molar-refractivity contribution is 5.99. The number of carbonyl (C=O) groups excluding carboxylic acids is 1. The third-order valence-electron chi connectivity index (χ3n) is 4.04. The fraction of sp³-hybridized carbons (Fsp3) is 0.533. The zero-order valence-electron chi connectivity index (χ0n) is 12.2. The predicted molar refractivity (Wildman–Crippen MR) is 78.2 cm³/mol. The van der Waals surface area contributed by atoms with Crippen LogP contribution in [0, 0.1) is 6.92 Å². The smallest absolute Gasteiger partial charge is 0.256 e. The van der Waals surface area contributed by atoms with Gasteiger partial charge in [0.2, 0.25) is 0 Å². The molecule has 4 nitrogen and oxygen atoms in total. The predicted octanol–water partition coefficient (Wildman–Crippen LogP) is 1.74. The Labute approximate surface area is 115 Å². The van der Waals surface area contributed by atoms with E-state index in [4.69, 9.17) is 5.73 Å². The van der Waals surface area contributed by atoms with Crippen molar-refractivity contribution in [2.45, 2.75) is 26.3 Å². The highest BCUT2D eigenvalue weighted by Crippen LogP contribution is 2.22. The first-order valence-corrected chi connectivity index (χ1v) is 6.68. The highest BCUT2D eigenvalue weighted by Gasteiger charge is 2.33. The van der Waals surface area contributed by atoms with E-state index in [1.807, 2.05) is 30.0 Å². The monoisotopic (exact) mass is 261 g/mol. The molecule has 104 valence electrons. The van der Waals surface area contributed by atoms with Crippen LogP contribution in [0.15, 0.2) is 18.2 Å². The maximum Gasteiger partial charge on any atom is 0.256 e. The Morgan fingerprint density at radius 3 is 2.58 bits per heavy atom. The van der Waals surface area contributed by atoms with Crippen molar-refractivity contribution in [3.63, 3.8) is 0 Å². The fourth-order valence-corrected chi connectivity index (χ4v) is 2.46. The van der Waals surface area contributed by atoms with Crippen LogP contribution >= 0.6 is 0 Å². The zero-order valence-corrected chi connectivity index (χ0v) is 12.2. The maximum absolute atomic E-state index is 12.6. The average molecular weight is 261 g/mol. The van der Waals surface area contributed by atoms with E-state index in [9.17, 15) is 4.79 Å². The van der Waals surface area contributed by atoms with Crippen LogP contribution in [0.25, 0.3) is 0 Å². The molecule has 1 aliphatic rings. The minimum atomic E-state index is 0.00731. The van der Waals surface area contributed by atoms with E-state index in [0.717, 1.165) is 25.2 Å². The summed E-state index contributed by atoms with van der Waals surface area (Å²) in [5.41, 5.74) is 8.24. The molecule has 1 aromatic rings. The molecule has 0 atom stereocenters. The van der Waals surface area contributed by atoms with Crippen LogP contribution in [-0.2, 0) is 0 Å². The van der Waals surface area contributed by atoms with Crippen LogP contribution in [0.4, 0.5) is 5.69 Å². The molecule has 0 aromatic heterocycles. The molecule has 19 heavy (non-hydrogen) atoms. The summed E-state index contributed by atoms with van der Waals surface area (Å²) >= 11 is 0. The van der Waals surface area contributed by atoms with E-state index in [0.29, 0.717) is 11.3 Å². The molecule has 1 heterocycles. The molecule has 1 fully saturated rings. The topological polar surface area (TPSA) is 49.6 Å². The number of aryl methyl sites for hydroxylation is 1. The van der Waals surface area contributed by atoms with Gasteiger partial charge in [0.15, 0.2) is 0 Å². The highest BCUT2D eigenvalue weighted by atomic mass is 16.2. The van der Waals surface area contributed by atoms with Gasteiger partial charge in [0.05, 0.1) is 5.56 Å². The molecule has 4 heteroatoms. The van der Waals surface area contributed by atoms with Gasteiger partial charge in [-0.25, -0.2) is 0 Å². The summed E-state index contributed by atoms with van der Waals surface area (Å²) in [6.45, 7) is 8.67. The number of amides is 1. The van der Waals surface area contributed by atoms with Gasteiger partial charge in [0.25, 0.3) is 5.91 Å². The number of nitrogens with zero attached hydrogens (tertiary/aromatic N) is 2. The summed E-state index contributed by atoms with van der Waals surface area (Å²) in [7, 11) is 2.10. The lowest BCUT2D eigenvalue weighted by molar-refractivity contribution is 0.0312. The molecule has 0 saturated carbocycles. The van der Waals surface area contributed by atoms with Gasteiger partial charge >= 0.3 is 0 Å². The van der Waals surface area contributed by atoms with Gasteiger partial charge in [0, 0.05) is 30.9 Å². The van der Waals surface area contributed by atoms with Gasteiger partial charge < -0.3 is 10.6 Å². The Hall–Kier alpha value is -1.55. The second-order valence-corrected chi connectivity index (χ2v) is 6.05. The Morgan fingerprint density at radius 2 is 2.00 bits per heavy atom. The molecule has 2 rings (SSSR count). The van der Waals surface area contributed by atoms with E-state index in [1.54, 1.807) is 0 Å². The number of hydrogen-bond donors (Lipinski definition) is 1. The van der Waals surface area contributed by atoms with E-state index in [2.05, 4.69) is 25.8 Å². The summed E-state index contributed by atoms with van der Waals surface area (Å²) in [5, 5.41) is 0. The van der Waals surface area contributed by atoms with E-state index < -0.39 is 0 Å².